The summed E-state index contributed by atoms with van der Waals surface area (Å²) in [6.45, 7) is 6.98. The number of carbonyl (C=O) groups excluding carboxylic acids is 1. The summed E-state index contributed by atoms with van der Waals surface area (Å²) in [6, 6.07) is 2.37. The van der Waals surface area contributed by atoms with Crippen LogP contribution in [0.5, 0.6) is 0 Å². The van der Waals surface area contributed by atoms with Gasteiger partial charge in [-0.25, -0.2) is 4.98 Å². The van der Waals surface area contributed by atoms with Gasteiger partial charge in [-0.3, -0.25) is 4.79 Å². The van der Waals surface area contributed by atoms with Crippen LogP contribution in [0.2, 0.25) is 0 Å². The molecular formula is C17H24F3N3O. The van der Waals surface area contributed by atoms with Crippen LogP contribution in [0.25, 0.3) is 0 Å². The van der Waals surface area contributed by atoms with Gasteiger partial charge in [0.25, 0.3) is 0 Å². The first-order valence-corrected chi connectivity index (χ1v) is 8.14. The second kappa shape index (κ2) is 6.99. The van der Waals surface area contributed by atoms with Crippen molar-refractivity contribution in [2.75, 3.05) is 24.5 Å². The lowest BCUT2D eigenvalue weighted by Crippen LogP contribution is -2.44. The van der Waals surface area contributed by atoms with E-state index >= 15 is 0 Å². The van der Waals surface area contributed by atoms with Gasteiger partial charge in [-0.1, -0.05) is 20.8 Å². The van der Waals surface area contributed by atoms with Crippen LogP contribution in [0.4, 0.5) is 19.0 Å². The van der Waals surface area contributed by atoms with Crippen LogP contribution in [0.3, 0.4) is 0 Å². The maximum atomic E-state index is 13.2. The van der Waals surface area contributed by atoms with Gasteiger partial charge in [-0.15, -0.1) is 0 Å². The number of carbonyl (C=O) groups is 1. The molecule has 2 rings (SSSR count). The zero-order valence-electron chi connectivity index (χ0n) is 14.3. The minimum atomic E-state index is -4.42. The molecule has 134 valence electrons. The van der Waals surface area contributed by atoms with Crippen molar-refractivity contribution in [1.29, 1.82) is 0 Å². The van der Waals surface area contributed by atoms with E-state index in [1.165, 1.54) is 12.3 Å². The Labute approximate surface area is 140 Å². The smallest absolute Gasteiger partial charge is 0.356 e. The molecule has 0 spiro atoms. The SMILES string of the molecule is CC(C)(C)C(=O)NCC1CCCN(c2ncccc2C(F)(F)F)C1. The highest BCUT2D eigenvalue weighted by molar-refractivity contribution is 5.81. The predicted octanol–water partition coefficient (Wildman–Crippen LogP) is 3.48. The van der Waals surface area contributed by atoms with Crippen molar-refractivity contribution in [2.45, 2.75) is 39.8 Å². The Bertz CT molecular complexity index is 581. The van der Waals surface area contributed by atoms with Gasteiger partial charge >= 0.3 is 6.18 Å². The molecule has 24 heavy (non-hydrogen) atoms. The number of aromatic nitrogens is 1. The fourth-order valence-electron chi connectivity index (χ4n) is 2.80. The summed E-state index contributed by atoms with van der Waals surface area (Å²) in [6.07, 6.45) is -1.37. The van der Waals surface area contributed by atoms with Crippen LogP contribution in [-0.4, -0.2) is 30.5 Å². The van der Waals surface area contributed by atoms with Crippen LogP contribution in [-0.2, 0) is 11.0 Å². The lowest BCUT2D eigenvalue weighted by atomic mass is 9.94. The van der Waals surface area contributed by atoms with E-state index in [2.05, 4.69) is 10.3 Å². The number of hydrogen-bond donors (Lipinski definition) is 1. The lowest BCUT2D eigenvalue weighted by molar-refractivity contribution is -0.137. The number of pyridine rings is 1. The molecule has 0 bridgehead atoms. The van der Waals surface area contributed by atoms with Gasteiger partial charge < -0.3 is 10.2 Å². The molecule has 1 atom stereocenters. The molecule has 1 aliphatic rings. The van der Waals surface area contributed by atoms with Crippen molar-refractivity contribution in [1.82, 2.24) is 10.3 Å². The fourth-order valence-corrected chi connectivity index (χ4v) is 2.80. The summed E-state index contributed by atoms with van der Waals surface area (Å²) in [5, 5.41) is 2.90. The second-order valence-corrected chi connectivity index (χ2v) is 7.29. The third kappa shape index (κ3) is 4.61. The topological polar surface area (TPSA) is 45.2 Å². The molecule has 0 radical (unpaired) electrons. The first kappa shape index (κ1) is 18.5. The maximum Gasteiger partial charge on any atom is 0.419 e. The summed E-state index contributed by atoms with van der Waals surface area (Å²) in [7, 11) is 0. The van der Waals surface area contributed by atoms with Crippen molar-refractivity contribution < 1.29 is 18.0 Å². The Morgan fingerprint density at radius 2 is 2.08 bits per heavy atom. The van der Waals surface area contributed by atoms with E-state index in [-0.39, 0.29) is 17.6 Å². The van der Waals surface area contributed by atoms with Crippen molar-refractivity contribution in [2.24, 2.45) is 11.3 Å². The number of anilines is 1. The Morgan fingerprint density at radius 1 is 1.38 bits per heavy atom. The van der Waals surface area contributed by atoms with Crippen LogP contribution in [0.1, 0.15) is 39.2 Å². The highest BCUT2D eigenvalue weighted by Crippen LogP contribution is 2.36. The zero-order chi connectivity index (χ0) is 18.0. The number of hydrogen-bond acceptors (Lipinski definition) is 3. The Morgan fingerprint density at radius 3 is 2.71 bits per heavy atom. The Hall–Kier alpha value is -1.79. The van der Waals surface area contributed by atoms with E-state index in [1.807, 2.05) is 20.8 Å². The van der Waals surface area contributed by atoms with Crippen molar-refractivity contribution in [3.8, 4) is 0 Å². The first-order chi connectivity index (χ1) is 11.1. The van der Waals surface area contributed by atoms with E-state index in [0.29, 0.717) is 19.6 Å². The van der Waals surface area contributed by atoms with Crippen LogP contribution in [0.15, 0.2) is 18.3 Å². The fraction of sp³-hybridized carbons (Fsp3) is 0.647. The largest absolute Gasteiger partial charge is 0.419 e. The predicted molar refractivity (Wildman–Crippen MR) is 86.6 cm³/mol. The normalized spacial score (nSPS) is 19.2. The van der Waals surface area contributed by atoms with Gasteiger partial charge in [0.05, 0.1) is 5.56 Å². The maximum absolute atomic E-state index is 13.2. The number of rotatable bonds is 3. The lowest BCUT2D eigenvalue weighted by Gasteiger charge is -2.35. The quantitative estimate of drug-likeness (QED) is 0.914. The molecule has 0 saturated carbocycles. The van der Waals surface area contributed by atoms with Crippen LogP contribution >= 0.6 is 0 Å². The van der Waals surface area contributed by atoms with Gasteiger partial charge in [-0.2, -0.15) is 13.2 Å². The van der Waals surface area contributed by atoms with Gasteiger partial charge in [0.15, 0.2) is 0 Å². The van der Waals surface area contributed by atoms with Gasteiger partial charge in [0.2, 0.25) is 5.91 Å². The molecule has 1 unspecified atom stereocenters. The number of halogens is 3. The molecule has 4 nitrogen and oxygen atoms in total. The summed E-state index contributed by atoms with van der Waals surface area (Å²) in [5.41, 5.74) is -1.18. The number of piperidine rings is 1. The third-order valence-electron chi connectivity index (χ3n) is 4.14. The summed E-state index contributed by atoms with van der Waals surface area (Å²) in [4.78, 5) is 17.6. The first-order valence-electron chi connectivity index (χ1n) is 8.14. The van der Waals surface area contributed by atoms with E-state index in [1.54, 1.807) is 4.90 Å². The minimum Gasteiger partial charge on any atom is -0.356 e. The number of amides is 1. The molecule has 0 aliphatic carbocycles. The van der Waals surface area contributed by atoms with Gasteiger partial charge in [0, 0.05) is 31.2 Å². The minimum absolute atomic E-state index is 0.0168. The van der Waals surface area contributed by atoms with Crippen LogP contribution < -0.4 is 10.2 Å². The molecule has 1 aliphatic heterocycles. The third-order valence-corrected chi connectivity index (χ3v) is 4.14. The van der Waals surface area contributed by atoms with Crippen molar-refractivity contribution in [3.05, 3.63) is 23.9 Å². The summed E-state index contributed by atoms with van der Waals surface area (Å²) in [5.74, 6) is 0.0541. The monoisotopic (exact) mass is 343 g/mol. The second-order valence-electron chi connectivity index (χ2n) is 7.29. The average Bonchev–Trinajstić information content (AvgIpc) is 2.51. The number of alkyl halides is 3. The van der Waals surface area contributed by atoms with Gasteiger partial charge in [-0.05, 0) is 30.9 Å². The molecule has 7 heteroatoms. The molecule has 1 aromatic heterocycles. The van der Waals surface area contributed by atoms with E-state index in [4.69, 9.17) is 0 Å². The van der Waals surface area contributed by atoms with Crippen molar-refractivity contribution in [3.63, 3.8) is 0 Å². The molecule has 1 amide bonds. The highest BCUT2D eigenvalue weighted by atomic mass is 19.4. The van der Waals surface area contributed by atoms with Crippen molar-refractivity contribution >= 4 is 11.7 Å². The molecular weight excluding hydrogens is 319 g/mol. The van der Waals surface area contributed by atoms with E-state index < -0.39 is 17.2 Å². The number of nitrogens with zero attached hydrogens (tertiary/aromatic N) is 2. The molecule has 1 saturated heterocycles. The summed E-state index contributed by atoms with van der Waals surface area (Å²) < 4.78 is 39.5. The average molecular weight is 343 g/mol. The Kier molecular flexibility index (Phi) is 5.40. The standard InChI is InChI=1S/C17H24F3N3O/c1-16(2,3)15(24)22-10-12-6-5-9-23(11-12)14-13(17(18,19)20)7-4-8-21-14/h4,7-8,12H,5-6,9-11H2,1-3H3,(H,22,24). The van der Waals surface area contributed by atoms with Gasteiger partial charge in [0.1, 0.15) is 5.82 Å². The molecule has 1 N–H and O–H groups in total. The Balaban J connectivity index is 2.05. The van der Waals surface area contributed by atoms with E-state index in [0.717, 1.165) is 18.9 Å². The molecule has 2 heterocycles. The van der Waals surface area contributed by atoms with Crippen LogP contribution in [0, 0.1) is 11.3 Å². The molecule has 1 fully saturated rings. The highest BCUT2D eigenvalue weighted by Gasteiger charge is 2.36. The summed E-state index contributed by atoms with van der Waals surface area (Å²) >= 11 is 0. The molecule has 0 aromatic carbocycles. The zero-order valence-corrected chi connectivity index (χ0v) is 14.3. The molecule has 1 aromatic rings. The number of nitrogens with one attached hydrogen (secondary N) is 1. The van der Waals surface area contributed by atoms with E-state index in [9.17, 15) is 18.0 Å².